The molecule has 0 saturated carbocycles. The fourth-order valence-corrected chi connectivity index (χ4v) is 2.06. The number of methoxy groups -OCH3 is 3. The van der Waals surface area contributed by atoms with Crippen LogP contribution in [0.1, 0.15) is 19.8 Å². The second kappa shape index (κ2) is 11.1. The van der Waals surface area contributed by atoms with Crippen LogP contribution in [0.4, 0.5) is 5.69 Å². The minimum atomic E-state index is -0.00127. The molecular weight excluding hydrogens is 320 g/mol. The van der Waals surface area contributed by atoms with E-state index in [4.69, 9.17) is 19.9 Å². The standard InChI is InChI=1S/C16H26N2O4.ClH/c1-12(17)5-8-16(19)18(9-10-20-2)13-6-7-14(21-3)15(11-13)22-4;/h6-7,11-12H,5,8-10,17H2,1-4H3;1H. The van der Waals surface area contributed by atoms with E-state index in [1.165, 1.54) is 0 Å². The molecule has 0 aliphatic rings. The van der Waals surface area contributed by atoms with Gasteiger partial charge in [0.1, 0.15) is 0 Å². The summed E-state index contributed by atoms with van der Waals surface area (Å²) >= 11 is 0. The molecule has 1 aromatic rings. The van der Waals surface area contributed by atoms with Crippen LogP contribution in [0.3, 0.4) is 0 Å². The molecule has 1 rings (SSSR count). The van der Waals surface area contributed by atoms with Crippen molar-refractivity contribution in [3.05, 3.63) is 18.2 Å². The average Bonchev–Trinajstić information content (AvgIpc) is 2.52. The van der Waals surface area contributed by atoms with E-state index in [0.29, 0.717) is 37.5 Å². The number of hydrogen-bond donors (Lipinski definition) is 1. The molecule has 0 radical (unpaired) electrons. The van der Waals surface area contributed by atoms with E-state index < -0.39 is 0 Å². The number of benzene rings is 1. The van der Waals surface area contributed by atoms with Gasteiger partial charge in [-0.3, -0.25) is 4.79 Å². The third kappa shape index (κ3) is 6.64. The maximum atomic E-state index is 12.5. The van der Waals surface area contributed by atoms with E-state index in [-0.39, 0.29) is 24.4 Å². The first-order valence-electron chi connectivity index (χ1n) is 7.30. The number of ether oxygens (including phenoxy) is 3. The lowest BCUT2D eigenvalue weighted by atomic mass is 10.1. The Labute approximate surface area is 144 Å². The summed E-state index contributed by atoms with van der Waals surface area (Å²) in [6.45, 7) is 2.82. The number of anilines is 1. The van der Waals surface area contributed by atoms with E-state index in [1.54, 1.807) is 38.4 Å². The quantitative estimate of drug-likeness (QED) is 0.742. The van der Waals surface area contributed by atoms with Crippen molar-refractivity contribution in [2.24, 2.45) is 5.73 Å². The molecule has 2 N–H and O–H groups in total. The molecule has 1 amide bonds. The van der Waals surface area contributed by atoms with Crippen LogP contribution in [0.25, 0.3) is 0 Å². The molecule has 1 aromatic carbocycles. The number of halogens is 1. The molecular formula is C16H27ClN2O4. The molecule has 0 aliphatic carbocycles. The SMILES string of the molecule is COCCN(C(=O)CCC(C)N)c1ccc(OC)c(OC)c1.Cl. The lowest BCUT2D eigenvalue weighted by Crippen LogP contribution is -2.34. The van der Waals surface area contributed by atoms with Crippen LogP contribution in [0.2, 0.25) is 0 Å². The Balaban J connectivity index is 0.00000484. The van der Waals surface area contributed by atoms with Gasteiger partial charge in [-0.05, 0) is 25.5 Å². The summed E-state index contributed by atoms with van der Waals surface area (Å²) in [6.07, 6.45) is 1.05. The highest BCUT2D eigenvalue weighted by molar-refractivity contribution is 5.93. The predicted octanol–water partition coefficient (Wildman–Crippen LogP) is 2.23. The first-order chi connectivity index (χ1) is 10.5. The number of rotatable bonds is 9. The van der Waals surface area contributed by atoms with Crippen molar-refractivity contribution in [1.29, 1.82) is 0 Å². The van der Waals surface area contributed by atoms with E-state index >= 15 is 0 Å². The molecule has 1 atom stereocenters. The zero-order valence-corrected chi connectivity index (χ0v) is 15.0. The van der Waals surface area contributed by atoms with Crippen molar-refractivity contribution >= 4 is 24.0 Å². The highest BCUT2D eigenvalue weighted by Crippen LogP contribution is 2.31. The number of nitrogens with zero attached hydrogens (tertiary/aromatic N) is 1. The van der Waals surface area contributed by atoms with Crippen LogP contribution in [-0.2, 0) is 9.53 Å². The van der Waals surface area contributed by atoms with Crippen molar-refractivity contribution in [3.8, 4) is 11.5 Å². The van der Waals surface area contributed by atoms with Gasteiger partial charge >= 0.3 is 0 Å². The van der Waals surface area contributed by atoms with E-state index in [0.717, 1.165) is 5.69 Å². The van der Waals surface area contributed by atoms with E-state index in [9.17, 15) is 4.79 Å². The van der Waals surface area contributed by atoms with Gasteiger partial charge in [-0.25, -0.2) is 0 Å². The van der Waals surface area contributed by atoms with Crippen LogP contribution >= 0.6 is 12.4 Å². The molecule has 0 aliphatic heterocycles. The smallest absolute Gasteiger partial charge is 0.227 e. The summed E-state index contributed by atoms with van der Waals surface area (Å²) in [5.74, 6) is 1.23. The second-order valence-electron chi connectivity index (χ2n) is 5.09. The Hall–Kier alpha value is -1.50. The molecule has 0 saturated heterocycles. The third-order valence-electron chi connectivity index (χ3n) is 3.31. The Bertz CT molecular complexity index is 483. The van der Waals surface area contributed by atoms with E-state index in [1.807, 2.05) is 13.0 Å². The minimum absolute atomic E-state index is 0. The minimum Gasteiger partial charge on any atom is -0.493 e. The topological polar surface area (TPSA) is 74.0 Å². The maximum absolute atomic E-state index is 12.5. The Morgan fingerprint density at radius 3 is 2.39 bits per heavy atom. The molecule has 0 bridgehead atoms. The van der Waals surface area contributed by atoms with Gasteiger partial charge in [-0.1, -0.05) is 0 Å². The van der Waals surface area contributed by atoms with Gasteiger partial charge in [0.25, 0.3) is 0 Å². The molecule has 0 fully saturated rings. The summed E-state index contributed by atoms with van der Waals surface area (Å²) in [6, 6.07) is 5.41. The number of hydrogen-bond acceptors (Lipinski definition) is 5. The average molecular weight is 347 g/mol. The Morgan fingerprint density at radius 1 is 1.22 bits per heavy atom. The fraction of sp³-hybridized carbons (Fsp3) is 0.562. The molecule has 23 heavy (non-hydrogen) atoms. The van der Waals surface area contributed by atoms with Gasteiger partial charge in [0, 0.05) is 37.9 Å². The van der Waals surface area contributed by atoms with Gasteiger partial charge < -0.3 is 24.8 Å². The van der Waals surface area contributed by atoms with Crippen LogP contribution in [0, 0.1) is 0 Å². The lowest BCUT2D eigenvalue weighted by Gasteiger charge is -2.24. The van der Waals surface area contributed by atoms with Crippen LogP contribution in [0.5, 0.6) is 11.5 Å². The number of carbonyl (C=O) groups excluding carboxylic acids is 1. The monoisotopic (exact) mass is 346 g/mol. The van der Waals surface area contributed by atoms with Crippen LogP contribution in [0.15, 0.2) is 18.2 Å². The summed E-state index contributed by atoms with van der Waals surface area (Å²) in [5, 5.41) is 0. The number of nitrogens with two attached hydrogens (primary N) is 1. The molecule has 0 heterocycles. The second-order valence-corrected chi connectivity index (χ2v) is 5.09. The normalized spacial score (nSPS) is 11.3. The lowest BCUT2D eigenvalue weighted by molar-refractivity contribution is -0.118. The summed E-state index contributed by atoms with van der Waals surface area (Å²) in [7, 11) is 4.76. The molecule has 6 nitrogen and oxygen atoms in total. The van der Waals surface area contributed by atoms with E-state index in [2.05, 4.69) is 0 Å². The highest BCUT2D eigenvalue weighted by Gasteiger charge is 2.17. The Morgan fingerprint density at radius 2 is 1.87 bits per heavy atom. The summed E-state index contributed by atoms with van der Waals surface area (Å²) in [4.78, 5) is 14.1. The van der Waals surface area contributed by atoms with Gasteiger partial charge in [0.05, 0.1) is 20.8 Å². The van der Waals surface area contributed by atoms with Gasteiger partial charge in [0.15, 0.2) is 11.5 Å². The first-order valence-corrected chi connectivity index (χ1v) is 7.30. The van der Waals surface area contributed by atoms with Gasteiger partial charge in [-0.2, -0.15) is 0 Å². The van der Waals surface area contributed by atoms with Crippen molar-refractivity contribution in [1.82, 2.24) is 0 Å². The van der Waals surface area contributed by atoms with Crippen LogP contribution in [-0.4, -0.2) is 46.4 Å². The maximum Gasteiger partial charge on any atom is 0.227 e. The van der Waals surface area contributed by atoms with Gasteiger partial charge in [-0.15, -0.1) is 12.4 Å². The van der Waals surface area contributed by atoms with Crippen molar-refractivity contribution in [3.63, 3.8) is 0 Å². The third-order valence-corrected chi connectivity index (χ3v) is 3.31. The van der Waals surface area contributed by atoms with Crippen LogP contribution < -0.4 is 20.1 Å². The van der Waals surface area contributed by atoms with Crippen molar-refractivity contribution in [2.45, 2.75) is 25.8 Å². The zero-order valence-electron chi connectivity index (χ0n) is 14.2. The largest absolute Gasteiger partial charge is 0.493 e. The van der Waals surface area contributed by atoms with Crippen molar-refractivity contribution in [2.75, 3.05) is 39.4 Å². The molecule has 0 aromatic heterocycles. The molecule has 0 spiro atoms. The molecule has 132 valence electrons. The number of carbonyl (C=O) groups is 1. The Kier molecular flexibility index (Phi) is 10.4. The highest BCUT2D eigenvalue weighted by atomic mass is 35.5. The summed E-state index contributed by atoms with van der Waals surface area (Å²) in [5.41, 5.74) is 6.49. The van der Waals surface area contributed by atoms with Gasteiger partial charge in [0.2, 0.25) is 5.91 Å². The molecule has 7 heteroatoms. The fourth-order valence-electron chi connectivity index (χ4n) is 2.06. The summed E-state index contributed by atoms with van der Waals surface area (Å²) < 4.78 is 15.6. The van der Waals surface area contributed by atoms with Crippen molar-refractivity contribution < 1.29 is 19.0 Å². The zero-order chi connectivity index (χ0) is 16.5. The predicted molar refractivity (Wildman–Crippen MR) is 93.9 cm³/mol. The number of amides is 1. The first kappa shape index (κ1) is 21.5. The molecule has 1 unspecified atom stereocenters.